The van der Waals surface area contributed by atoms with Gasteiger partial charge in [0.05, 0.1) is 18.2 Å². The highest BCUT2D eigenvalue weighted by Gasteiger charge is 2.17. The van der Waals surface area contributed by atoms with Gasteiger partial charge in [0.1, 0.15) is 5.65 Å². The zero-order chi connectivity index (χ0) is 14.1. The fraction of sp³-hybridized carbons (Fsp3) is 0.231. The molecule has 0 fully saturated rings. The number of aromatic nitrogens is 4. The van der Waals surface area contributed by atoms with Gasteiger partial charge in [0.15, 0.2) is 0 Å². The Labute approximate surface area is 114 Å². The first-order chi connectivity index (χ1) is 9.72. The van der Waals surface area contributed by atoms with E-state index >= 15 is 0 Å². The molecule has 0 N–H and O–H groups in total. The maximum atomic E-state index is 11.7. The fourth-order valence-corrected chi connectivity index (χ4v) is 1.93. The predicted molar refractivity (Wildman–Crippen MR) is 69.2 cm³/mol. The van der Waals surface area contributed by atoms with E-state index in [4.69, 9.17) is 9.15 Å². The first-order valence-corrected chi connectivity index (χ1v) is 6.10. The van der Waals surface area contributed by atoms with Crippen LogP contribution in [0, 0.1) is 0 Å². The van der Waals surface area contributed by atoms with Crippen LogP contribution < -0.4 is 0 Å². The van der Waals surface area contributed by atoms with Crippen LogP contribution in [0.15, 0.2) is 29.1 Å². The minimum absolute atomic E-state index is 0.337. The van der Waals surface area contributed by atoms with Gasteiger partial charge in [-0.1, -0.05) is 6.92 Å². The molecule has 0 saturated heterocycles. The number of carbonyl (C=O) groups is 1. The number of ether oxygens (including phenoxy) is 1. The molecule has 0 atom stereocenters. The maximum Gasteiger partial charge on any atom is 0.339 e. The van der Waals surface area contributed by atoms with E-state index in [0.717, 1.165) is 0 Å². The molecule has 0 saturated carbocycles. The summed E-state index contributed by atoms with van der Waals surface area (Å²) >= 11 is 0. The Balaban J connectivity index is 2.21. The second-order valence-electron chi connectivity index (χ2n) is 4.15. The number of carbonyl (C=O) groups excluding carboxylic acids is 1. The Morgan fingerprint density at radius 2 is 2.30 bits per heavy atom. The van der Waals surface area contributed by atoms with Gasteiger partial charge in [-0.05, 0) is 6.07 Å². The van der Waals surface area contributed by atoms with Crippen LogP contribution in [0.2, 0.25) is 0 Å². The second-order valence-corrected chi connectivity index (χ2v) is 4.15. The molecule has 3 heterocycles. The molecule has 102 valence electrons. The van der Waals surface area contributed by atoms with Gasteiger partial charge in [0.2, 0.25) is 5.89 Å². The Morgan fingerprint density at radius 3 is 3.00 bits per heavy atom. The van der Waals surface area contributed by atoms with Crippen molar-refractivity contribution < 1.29 is 13.9 Å². The highest BCUT2D eigenvalue weighted by atomic mass is 16.5. The SMILES string of the molecule is CCc1nnc(-c2cc(C(=O)OC)cn3ccnc23)o1. The van der Waals surface area contributed by atoms with E-state index in [0.29, 0.717) is 35.0 Å². The Bertz CT molecular complexity index is 775. The molecule has 20 heavy (non-hydrogen) atoms. The molecule has 0 bridgehead atoms. The van der Waals surface area contributed by atoms with Crippen molar-refractivity contribution in [3.05, 3.63) is 36.1 Å². The average Bonchev–Trinajstić information content (AvgIpc) is 3.13. The largest absolute Gasteiger partial charge is 0.465 e. The number of imidazole rings is 1. The van der Waals surface area contributed by atoms with Gasteiger partial charge >= 0.3 is 5.97 Å². The summed E-state index contributed by atoms with van der Waals surface area (Å²) in [6, 6.07) is 1.64. The second kappa shape index (κ2) is 4.76. The lowest BCUT2D eigenvalue weighted by molar-refractivity contribution is 0.0600. The minimum atomic E-state index is -0.433. The number of methoxy groups -OCH3 is 1. The summed E-state index contributed by atoms with van der Waals surface area (Å²) in [5.74, 6) is 0.439. The van der Waals surface area contributed by atoms with Gasteiger partial charge in [-0.15, -0.1) is 10.2 Å². The summed E-state index contributed by atoms with van der Waals surface area (Å²) in [7, 11) is 1.34. The molecule has 0 radical (unpaired) electrons. The van der Waals surface area contributed by atoms with Crippen molar-refractivity contribution in [3.63, 3.8) is 0 Å². The van der Waals surface area contributed by atoms with E-state index in [1.165, 1.54) is 7.11 Å². The number of rotatable bonds is 3. The first-order valence-electron chi connectivity index (χ1n) is 6.10. The molecule has 0 aliphatic rings. The van der Waals surface area contributed by atoms with E-state index in [2.05, 4.69) is 15.2 Å². The van der Waals surface area contributed by atoms with Gasteiger partial charge < -0.3 is 13.6 Å². The Hall–Kier alpha value is -2.70. The van der Waals surface area contributed by atoms with Crippen LogP contribution in [0.4, 0.5) is 0 Å². The smallest absolute Gasteiger partial charge is 0.339 e. The van der Waals surface area contributed by atoms with Crippen LogP contribution in [0.3, 0.4) is 0 Å². The summed E-state index contributed by atoms with van der Waals surface area (Å²) < 4.78 is 12.0. The molecule has 0 spiro atoms. The Kier molecular flexibility index (Phi) is 2.94. The van der Waals surface area contributed by atoms with Crippen LogP contribution in [-0.2, 0) is 11.2 Å². The molecule has 3 aromatic rings. The number of fused-ring (bicyclic) bond motifs is 1. The third-order valence-electron chi connectivity index (χ3n) is 2.91. The molecule has 0 aliphatic carbocycles. The molecule has 0 aliphatic heterocycles. The van der Waals surface area contributed by atoms with Gasteiger partial charge in [-0.2, -0.15) is 0 Å². The standard InChI is InChI=1S/C13H12N4O3/c1-3-10-15-16-12(20-10)9-6-8(13(18)19-2)7-17-5-4-14-11(9)17/h4-7H,3H2,1-2H3. The van der Waals surface area contributed by atoms with E-state index in [-0.39, 0.29) is 0 Å². The van der Waals surface area contributed by atoms with E-state index in [1.54, 1.807) is 29.1 Å². The third kappa shape index (κ3) is 1.93. The molecule has 0 amide bonds. The third-order valence-corrected chi connectivity index (χ3v) is 2.91. The van der Waals surface area contributed by atoms with E-state index in [1.807, 2.05) is 6.92 Å². The molecular weight excluding hydrogens is 260 g/mol. The van der Waals surface area contributed by atoms with Crippen molar-refractivity contribution in [3.8, 4) is 11.5 Å². The first kappa shape index (κ1) is 12.3. The van der Waals surface area contributed by atoms with Crippen molar-refractivity contribution >= 4 is 11.6 Å². The number of esters is 1. The van der Waals surface area contributed by atoms with Gasteiger partial charge in [-0.25, -0.2) is 9.78 Å². The molecule has 3 aromatic heterocycles. The number of aryl methyl sites for hydroxylation is 1. The quantitative estimate of drug-likeness (QED) is 0.675. The fourth-order valence-electron chi connectivity index (χ4n) is 1.93. The average molecular weight is 272 g/mol. The minimum Gasteiger partial charge on any atom is -0.465 e. The zero-order valence-electron chi connectivity index (χ0n) is 11.0. The van der Waals surface area contributed by atoms with Crippen LogP contribution in [0.1, 0.15) is 23.2 Å². The number of hydrogen-bond acceptors (Lipinski definition) is 6. The molecular formula is C13H12N4O3. The summed E-state index contributed by atoms with van der Waals surface area (Å²) in [6.07, 6.45) is 5.67. The summed E-state index contributed by atoms with van der Waals surface area (Å²) in [4.78, 5) is 15.9. The van der Waals surface area contributed by atoms with Crippen LogP contribution >= 0.6 is 0 Å². The van der Waals surface area contributed by atoms with Crippen LogP contribution in [0.5, 0.6) is 0 Å². The normalized spacial score (nSPS) is 10.9. The number of pyridine rings is 1. The monoisotopic (exact) mass is 272 g/mol. The van der Waals surface area contributed by atoms with E-state index < -0.39 is 5.97 Å². The topological polar surface area (TPSA) is 82.5 Å². The number of hydrogen-bond donors (Lipinski definition) is 0. The lowest BCUT2D eigenvalue weighted by Crippen LogP contribution is -2.04. The summed E-state index contributed by atoms with van der Waals surface area (Å²) in [5, 5.41) is 7.92. The van der Waals surface area contributed by atoms with Gasteiger partial charge in [0.25, 0.3) is 5.89 Å². The highest BCUT2D eigenvalue weighted by Crippen LogP contribution is 2.24. The maximum absolute atomic E-state index is 11.7. The van der Waals surface area contributed by atoms with Crippen LogP contribution in [-0.4, -0.2) is 32.7 Å². The Morgan fingerprint density at radius 1 is 1.45 bits per heavy atom. The van der Waals surface area contributed by atoms with Crippen molar-refractivity contribution in [2.24, 2.45) is 0 Å². The van der Waals surface area contributed by atoms with Gasteiger partial charge in [-0.3, -0.25) is 0 Å². The summed E-state index contributed by atoms with van der Waals surface area (Å²) in [6.45, 7) is 1.92. The molecule has 0 aromatic carbocycles. The molecule has 3 rings (SSSR count). The van der Waals surface area contributed by atoms with Crippen molar-refractivity contribution in [2.45, 2.75) is 13.3 Å². The molecule has 0 unspecified atom stereocenters. The lowest BCUT2D eigenvalue weighted by atomic mass is 10.2. The highest BCUT2D eigenvalue weighted by molar-refractivity contribution is 5.92. The van der Waals surface area contributed by atoms with Crippen molar-refractivity contribution in [2.75, 3.05) is 7.11 Å². The van der Waals surface area contributed by atoms with Crippen molar-refractivity contribution in [1.29, 1.82) is 0 Å². The summed E-state index contributed by atoms with van der Waals surface area (Å²) in [5.41, 5.74) is 1.64. The van der Waals surface area contributed by atoms with Crippen molar-refractivity contribution in [1.82, 2.24) is 19.6 Å². The van der Waals surface area contributed by atoms with Gasteiger partial charge in [0, 0.05) is 25.0 Å². The van der Waals surface area contributed by atoms with Crippen LogP contribution in [0.25, 0.3) is 17.1 Å². The molecule has 7 nitrogen and oxygen atoms in total. The lowest BCUT2D eigenvalue weighted by Gasteiger charge is -2.04. The zero-order valence-corrected chi connectivity index (χ0v) is 11.0. The van der Waals surface area contributed by atoms with E-state index in [9.17, 15) is 4.79 Å². The molecule has 7 heteroatoms. The predicted octanol–water partition coefficient (Wildman–Crippen LogP) is 1.73. The number of nitrogens with zero attached hydrogens (tertiary/aromatic N) is 4.